The van der Waals surface area contributed by atoms with E-state index < -0.39 is 25.0 Å². The van der Waals surface area contributed by atoms with Crippen molar-refractivity contribution in [3.05, 3.63) is 18.0 Å². The van der Waals surface area contributed by atoms with Gasteiger partial charge in [0.05, 0.1) is 11.8 Å². The van der Waals surface area contributed by atoms with E-state index in [1.54, 1.807) is 20.8 Å². The van der Waals surface area contributed by atoms with Crippen molar-refractivity contribution in [1.82, 2.24) is 9.78 Å². The van der Waals surface area contributed by atoms with Crippen molar-refractivity contribution in [3.8, 4) is 0 Å². The predicted octanol–water partition coefficient (Wildman–Crippen LogP) is -0.771. The van der Waals surface area contributed by atoms with Gasteiger partial charge in [-0.3, -0.25) is 4.68 Å². The molecule has 1 aromatic heterocycles. The smallest absolute Gasteiger partial charge is 0.456 e. The number of esters is 1. The molecule has 18 heavy (non-hydrogen) atoms. The van der Waals surface area contributed by atoms with E-state index in [9.17, 15) is 17.7 Å². The summed E-state index contributed by atoms with van der Waals surface area (Å²) in [6.45, 7) is 0.0510. The average Bonchev–Trinajstić information content (AvgIpc) is 2.45. The van der Waals surface area contributed by atoms with E-state index >= 15 is 0 Å². The van der Waals surface area contributed by atoms with Crippen LogP contribution >= 0.6 is 0 Å². The van der Waals surface area contributed by atoms with Gasteiger partial charge in [-0.2, -0.15) is 5.10 Å². The van der Waals surface area contributed by atoms with Crippen LogP contribution in [-0.2, 0) is 11.2 Å². The van der Waals surface area contributed by atoms with Gasteiger partial charge in [0.15, 0.2) is 0 Å². The van der Waals surface area contributed by atoms with Crippen LogP contribution in [0.15, 0.2) is 12.4 Å². The number of rotatable bonds is 3. The SMILES string of the molecule is CC(C)(C)OC(=O)c1cnn(C[B-](F)(F)F)c1.[K+]. The number of hydrogen-bond donors (Lipinski definition) is 0. The molecule has 0 N–H and O–H groups in total. The Morgan fingerprint density at radius 3 is 2.44 bits per heavy atom. The van der Waals surface area contributed by atoms with E-state index in [0.717, 1.165) is 12.4 Å². The second-order valence-electron chi connectivity index (χ2n) is 4.66. The second kappa shape index (κ2) is 6.56. The minimum atomic E-state index is -4.97. The zero-order chi connectivity index (χ0) is 13.3. The molecule has 0 bridgehead atoms. The van der Waals surface area contributed by atoms with Crippen LogP contribution in [0.5, 0.6) is 0 Å². The third-order valence-electron chi connectivity index (χ3n) is 1.66. The maximum Gasteiger partial charge on any atom is 1.00 e. The van der Waals surface area contributed by atoms with E-state index in [-0.39, 0.29) is 56.9 Å². The van der Waals surface area contributed by atoms with E-state index in [0.29, 0.717) is 4.68 Å². The molecule has 0 fully saturated rings. The molecule has 0 spiro atoms. The third kappa shape index (κ3) is 6.93. The number of hydrogen-bond acceptors (Lipinski definition) is 3. The Kier molecular flexibility index (Phi) is 6.62. The molecule has 0 amide bonds. The Morgan fingerprint density at radius 1 is 1.44 bits per heavy atom. The van der Waals surface area contributed by atoms with Gasteiger partial charge in [-0.15, -0.1) is 0 Å². The summed E-state index contributed by atoms with van der Waals surface area (Å²) in [7, 11) is 0. The predicted molar refractivity (Wildman–Crippen MR) is 56.5 cm³/mol. The summed E-state index contributed by atoms with van der Waals surface area (Å²) in [5.74, 6) is -0.682. The first-order chi connectivity index (χ1) is 7.57. The van der Waals surface area contributed by atoms with E-state index in [4.69, 9.17) is 4.74 Å². The standard InChI is InChI=1S/C9H13BF3N2O2.K/c1-9(2,3)17-8(16)7-4-14-15(5-7)6-10(11,12)13;/h4-5H,6H2,1-3H3;/q-1;+1. The molecule has 0 saturated heterocycles. The normalized spacial score (nSPS) is 11.9. The van der Waals surface area contributed by atoms with Crippen molar-refractivity contribution in [2.75, 3.05) is 0 Å². The Hall–Kier alpha value is 0.171. The molecular weight excluding hydrogens is 275 g/mol. The van der Waals surface area contributed by atoms with Crippen molar-refractivity contribution in [3.63, 3.8) is 0 Å². The molecule has 0 radical (unpaired) electrons. The van der Waals surface area contributed by atoms with E-state index in [1.807, 2.05) is 0 Å². The van der Waals surface area contributed by atoms with Gasteiger partial charge in [0.2, 0.25) is 0 Å². The summed E-state index contributed by atoms with van der Waals surface area (Å²) in [5.41, 5.74) is -0.673. The van der Waals surface area contributed by atoms with E-state index in [2.05, 4.69) is 5.10 Å². The van der Waals surface area contributed by atoms with Gasteiger partial charge in [-0.1, -0.05) is 0 Å². The average molecular weight is 288 g/mol. The minimum Gasteiger partial charge on any atom is -0.456 e. The summed E-state index contributed by atoms with van der Waals surface area (Å²) in [5, 5.41) is 3.46. The maximum absolute atomic E-state index is 12.1. The van der Waals surface area contributed by atoms with Gasteiger partial charge in [0.1, 0.15) is 5.60 Å². The molecule has 0 aliphatic carbocycles. The molecule has 4 nitrogen and oxygen atoms in total. The number of halogens is 3. The molecule has 0 aliphatic heterocycles. The third-order valence-corrected chi connectivity index (χ3v) is 1.66. The molecule has 1 aromatic rings. The fourth-order valence-corrected chi connectivity index (χ4v) is 1.12. The largest absolute Gasteiger partial charge is 1.00 e. The second-order valence-corrected chi connectivity index (χ2v) is 4.66. The number of carbonyl (C=O) groups is 1. The van der Waals surface area contributed by atoms with Crippen LogP contribution in [0.3, 0.4) is 0 Å². The quantitative estimate of drug-likeness (QED) is 0.542. The summed E-state index contributed by atoms with van der Waals surface area (Å²) in [4.78, 5) is 11.5. The summed E-state index contributed by atoms with van der Waals surface area (Å²) in [6.07, 6.45) is 0.933. The van der Waals surface area contributed by atoms with Gasteiger partial charge >= 0.3 is 64.3 Å². The molecule has 1 rings (SSSR count). The zero-order valence-corrected chi connectivity index (χ0v) is 13.9. The molecule has 0 saturated carbocycles. The number of aromatic nitrogens is 2. The fraction of sp³-hybridized carbons (Fsp3) is 0.556. The molecule has 96 valence electrons. The topological polar surface area (TPSA) is 44.1 Å². The maximum atomic E-state index is 12.1. The van der Waals surface area contributed by atoms with E-state index in [1.165, 1.54) is 0 Å². The molecule has 0 unspecified atom stereocenters. The van der Waals surface area contributed by atoms with Crippen molar-refractivity contribution in [2.24, 2.45) is 0 Å². The van der Waals surface area contributed by atoms with Gasteiger partial charge < -0.3 is 17.7 Å². The van der Waals surface area contributed by atoms with Crippen molar-refractivity contribution < 1.29 is 73.9 Å². The number of nitrogens with zero attached hydrogens (tertiary/aromatic N) is 2. The van der Waals surface area contributed by atoms with Crippen LogP contribution in [0.25, 0.3) is 0 Å². The van der Waals surface area contributed by atoms with Crippen LogP contribution in [0, 0.1) is 0 Å². The van der Waals surface area contributed by atoms with Crippen LogP contribution in [-0.4, -0.2) is 28.3 Å². The fourth-order valence-electron chi connectivity index (χ4n) is 1.12. The van der Waals surface area contributed by atoms with Crippen LogP contribution in [0.4, 0.5) is 12.9 Å². The van der Waals surface area contributed by atoms with Crippen LogP contribution in [0.1, 0.15) is 31.1 Å². The van der Waals surface area contributed by atoms with Gasteiger partial charge in [-0.25, -0.2) is 4.79 Å². The number of carbonyl (C=O) groups excluding carboxylic acids is 1. The summed E-state index contributed by atoms with van der Waals surface area (Å²) >= 11 is 0. The van der Waals surface area contributed by atoms with Crippen molar-refractivity contribution in [2.45, 2.75) is 32.8 Å². The Morgan fingerprint density at radius 2 is 2.00 bits per heavy atom. The summed E-state index contributed by atoms with van der Waals surface area (Å²) < 4.78 is 42.0. The molecule has 0 atom stereocenters. The Bertz CT molecular complexity index is 415. The first kappa shape index (κ1) is 18.2. The summed E-state index contributed by atoms with van der Waals surface area (Å²) in [6, 6.07) is 0. The number of ether oxygens (including phenoxy) is 1. The molecule has 0 aromatic carbocycles. The Labute approximate surface area is 146 Å². The van der Waals surface area contributed by atoms with Gasteiger partial charge in [0.25, 0.3) is 0 Å². The molecule has 9 heteroatoms. The minimum absolute atomic E-state index is 0. The first-order valence-corrected chi connectivity index (χ1v) is 5.04. The van der Waals surface area contributed by atoms with Gasteiger partial charge in [0, 0.05) is 12.6 Å². The molecular formula is C9H13BF3KN2O2. The van der Waals surface area contributed by atoms with Crippen molar-refractivity contribution >= 4 is 12.9 Å². The Balaban J connectivity index is 0.00000289. The van der Waals surface area contributed by atoms with Crippen LogP contribution < -0.4 is 51.4 Å². The monoisotopic (exact) mass is 288 g/mol. The first-order valence-electron chi connectivity index (χ1n) is 5.04. The zero-order valence-electron chi connectivity index (χ0n) is 10.8. The molecule has 0 aliphatic rings. The molecule has 1 heterocycles. The van der Waals surface area contributed by atoms with Crippen LogP contribution in [0.2, 0.25) is 0 Å². The van der Waals surface area contributed by atoms with Crippen molar-refractivity contribution in [1.29, 1.82) is 0 Å². The van der Waals surface area contributed by atoms with Gasteiger partial charge in [-0.05, 0) is 20.8 Å².